The van der Waals surface area contributed by atoms with E-state index in [2.05, 4.69) is 191 Å². The highest BCUT2D eigenvalue weighted by atomic mass is 16.3. The van der Waals surface area contributed by atoms with Crippen LogP contribution in [0.15, 0.2) is 146 Å². The average molecular weight is 1670 g/mol. The Hall–Kier alpha value is -11.1. The maximum Gasteiger partial charge on any atom is 0.219 e. The van der Waals surface area contributed by atoms with Gasteiger partial charge in [-0.25, -0.2) is 39.9 Å². The summed E-state index contributed by atoms with van der Waals surface area (Å²) in [6.07, 6.45) is 50.5. The van der Waals surface area contributed by atoms with Crippen molar-refractivity contribution < 1.29 is 20.4 Å². The van der Waals surface area contributed by atoms with Crippen molar-refractivity contribution in [2.75, 3.05) is 108 Å². The molecule has 12 N–H and O–H groups in total. The van der Waals surface area contributed by atoms with Crippen LogP contribution in [0, 0.1) is 23.7 Å². The van der Waals surface area contributed by atoms with E-state index in [1.165, 1.54) is 56.1 Å². The maximum absolute atomic E-state index is 9.83. The molecule has 656 valence electrons. The molecule has 4 aliphatic heterocycles. The first-order valence-corrected chi connectivity index (χ1v) is 43.9. The molecule has 2 saturated carbocycles. The minimum atomic E-state index is 0. The molecule has 2 aliphatic carbocycles. The van der Waals surface area contributed by atoms with Crippen LogP contribution in [0.5, 0.6) is 0 Å². The van der Waals surface area contributed by atoms with Crippen molar-refractivity contribution in [3.63, 3.8) is 0 Å². The normalized spacial score (nSPS) is 19.1. The van der Waals surface area contributed by atoms with E-state index in [-0.39, 0.29) is 53.2 Å². The molecule has 0 aromatic carbocycles. The lowest BCUT2D eigenvalue weighted by Gasteiger charge is -2.36. The number of aliphatic hydroxyl groups is 4. The van der Waals surface area contributed by atoms with E-state index < -0.39 is 0 Å². The number of nitrogens with two attached hydrogens (primary N) is 2. The van der Waals surface area contributed by atoms with Crippen LogP contribution in [-0.4, -0.2) is 186 Å². The number of likely N-dealkylation sites (N-methyl/N-ethyl adjacent to an activating group) is 2. The Labute approximate surface area is 720 Å². The molecule has 0 bridgehead atoms. The minimum Gasteiger partial charge on any atom is -0.396 e. The summed E-state index contributed by atoms with van der Waals surface area (Å²) in [5.74, 6) is 7.86. The van der Waals surface area contributed by atoms with Crippen LogP contribution in [0.1, 0.15) is 204 Å². The molecular formula is C92H134N26O4. The lowest BCUT2D eigenvalue weighted by atomic mass is 9.77. The molecule has 10 aromatic rings. The van der Waals surface area contributed by atoms with Gasteiger partial charge in [-0.15, -0.1) is 0 Å². The van der Waals surface area contributed by atoms with Gasteiger partial charge in [0.1, 0.15) is 34.9 Å². The number of aryl methyl sites for hydroxylation is 4. The molecule has 16 rings (SSSR count). The number of allylic oxidation sites excluding steroid dienone is 2. The van der Waals surface area contributed by atoms with Gasteiger partial charge in [-0.2, -0.15) is 38.5 Å². The molecule has 30 heteroatoms. The van der Waals surface area contributed by atoms with Crippen LogP contribution in [0.2, 0.25) is 0 Å². The third-order valence-electron chi connectivity index (χ3n) is 24.5. The molecule has 2 saturated heterocycles. The van der Waals surface area contributed by atoms with Gasteiger partial charge >= 0.3 is 0 Å². The van der Waals surface area contributed by atoms with Gasteiger partial charge in [-0.3, -0.25) is 0 Å². The van der Waals surface area contributed by atoms with Crippen LogP contribution in [0.4, 0.5) is 46.8 Å². The van der Waals surface area contributed by atoms with E-state index in [4.69, 9.17) is 31.4 Å². The first-order chi connectivity index (χ1) is 58.6. The van der Waals surface area contributed by atoms with E-state index in [9.17, 15) is 20.4 Å². The van der Waals surface area contributed by atoms with Crippen molar-refractivity contribution in [1.82, 2.24) is 88.1 Å². The van der Waals surface area contributed by atoms with Crippen molar-refractivity contribution in [3.05, 3.63) is 191 Å². The fourth-order valence-corrected chi connectivity index (χ4v) is 17.5. The lowest BCUT2D eigenvalue weighted by molar-refractivity contribution is 0.134. The van der Waals surface area contributed by atoms with Crippen LogP contribution in [-0.2, 0) is 51.6 Å². The average Bonchev–Trinajstić information content (AvgIpc) is 1.63. The second kappa shape index (κ2) is 44.6. The number of nitrogen functional groups attached to an aromatic ring is 2. The van der Waals surface area contributed by atoms with Crippen LogP contribution in [0.25, 0.3) is 22.6 Å². The van der Waals surface area contributed by atoms with Gasteiger partial charge < -0.3 is 72.8 Å². The highest BCUT2D eigenvalue weighted by Crippen LogP contribution is 2.37. The minimum absolute atomic E-state index is 0. The highest BCUT2D eigenvalue weighted by molar-refractivity contribution is 5.64. The SMILES string of the molecule is C.C.C=C1C=C(CNc2cc(C[C@H]3CCCC[C@H]3CO)nc3c(CC)cnn23)C=CN1CC.C=C1C=C(CNc2cc(N3CCCC[C@H]3CCO)nc3c(CC)cnn23)C=CN1CC.CCc1cnn2c(NCc3cnc(N)nc3)cc(C[C@H]3CCCC[C@H]3CO)nc12.CCc1cnn2c(NCc3cnc(N)nc3)cc(N3CCCC[C@H]3CCO)nc12. The quantitative estimate of drug-likeness (QED) is 0.0200. The molecule has 4 fully saturated rings. The number of nitrogens with zero attached hydrogens (tertiary/aromatic N) is 20. The summed E-state index contributed by atoms with van der Waals surface area (Å²) in [5.41, 5.74) is 27.7. The van der Waals surface area contributed by atoms with E-state index in [0.717, 1.165) is 236 Å². The molecule has 122 heavy (non-hydrogen) atoms. The zero-order valence-electron chi connectivity index (χ0n) is 71.2. The number of aliphatic hydroxyl groups excluding tert-OH is 4. The zero-order chi connectivity index (χ0) is 84.0. The lowest BCUT2D eigenvalue weighted by Crippen LogP contribution is -2.40. The second-order valence-electron chi connectivity index (χ2n) is 32.3. The predicted molar refractivity (Wildman–Crippen MR) is 491 cm³/mol. The van der Waals surface area contributed by atoms with E-state index in [0.29, 0.717) is 61.9 Å². The monoisotopic (exact) mass is 1670 g/mol. The van der Waals surface area contributed by atoms with Crippen molar-refractivity contribution in [2.24, 2.45) is 23.7 Å². The standard InChI is InChI=1S/C25H35N5O.C24H34N6O.C21H29N7O.C20H28N8O.2CH4/c1-4-20-16-27-30-24(26-15-19-10-11-29(5-2)18(3)12-19)14-23(28-25(20)30)13-21-8-6-7-9-22(21)17-31;1-4-20-17-26-30-22(25-16-19-9-12-28(5-2)18(3)14-19)15-23(27-24(20)30)29-11-7-6-8-21(29)10-13-31;1-2-15-12-26-28-19(23-9-14-10-24-21(22)25-11-14)8-18(27-20(15)28)7-16-5-3-4-6-17(16)13-29;1-2-15-13-25-28-17(22-10-14-11-23-20(21)24-12-14)9-18(26-19(15)28)27-7-4-3-5-16(27)6-8-29;;/h10-12,14,16,21-22,26,31H,3-9,13,15,17H2,1-2H3;9,12,14-15,17,21,25,31H,3-8,10-11,13,16H2,1-2H3;8,10-12,16-17,23,29H,2-7,9,13H2,1H3,(H2,22,24,25);9,11-13,16,22,29H,2-8,10H2,1H3,(H2,21,23,24);2*1H4/t21-,22+;21-;16-,17+;16-;;/m1010../s1. The third kappa shape index (κ3) is 22.6. The summed E-state index contributed by atoms with van der Waals surface area (Å²) in [4.78, 5) is 45.1. The Bertz CT molecular complexity index is 5150. The van der Waals surface area contributed by atoms with Gasteiger partial charge in [-0.05, 0) is 189 Å². The summed E-state index contributed by atoms with van der Waals surface area (Å²) in [7, 11) is 0. The van der Waals surface area contributed by atoms with Gasteiger partial charge in [0, 0.05) is 208 Å². The molecule has 0 spiro atoms. The molecule has 0 amide bonds. The molecular weight excluding hydrogens is 1530 g/mol. The molecule has 6 atom stereocenters. The Kier molecular flexibility index (Phi) is 33.5. The zero-order valence-corrected chi connectivity index (χ0v) is 71.2. The smallest absolute Gasteiger partial charge is 0.219 e. The number of rotatable bonds is 30. The number of anilines is 8. The number of nitrogens with one attached hydrogen (secondary N) is 4. The van der Waals surface area contributed by atoms with Crippen LogP contribution >= 0.6 is 0 Å². The highest BCUT2D eigenvalue weighted by Gasteiger charge is 2.31. The summed E-state index contributed by atoms with van der Waals surface area (Å²) < 4.78 is 7.55. The summed E-state index contributed by atoms with van der Waals surface area (Å²) >= 11 is 0. The number of hydrogen-bond acceptors (Lipinski definition) is 26. The summed E-state index contributed by atoms with van der Waals surface area (Å²) in [6.45, 7) is 28.3. The molecule has 14 heterocycles. The van der Waals surface area contributed by atoms with E-state index in [1.54, 1.807) is 24.8 Å². The third-order valence-corrected chi connectivity index (χ3v) is 24.5. The van der Waals surface area contributed by atoms with Crippen molar-refractivity contribution in [3.8, 4) is 0 Å². The summed E-state index contributed by atoms with van der Waals surface area (Å²) in [6, 6.07) is 9.03. The van der Waals surface area contributed by atoms with Crippen molar-refractivity contribution in [2.45, 2.75) is 223 Å². The largest absolute Gasteiger partial charge is 0.396 e. The summed E-state index contributed by atoms with van der Waals surface area (Å²) in [5, 5.41) is 71.0. The number of fused-ring (bicyclic) bond motifs is 4. The molecule has 0 radical (unpaired) electrons. The van der Waals surface area contributed by atoms with Gasteiger partial charge in [0.2, 0.25) is 11.9 Å². The Morgan fingerprint density at radius 2 is 0.738 bits per heavy atom. The Morgan fingerprint density at radius 3 is 1.07 bits per heavy atom. The number of hydrogen-bond donors (Lipinski definition) is 10. The second-order valence-corrected chi connectivity index (χ2v) is 32.3. The first kappa shape index (κ1) is 91.7. The Morgan fingerprint density at radius 1 is 0.410 bits per heavy atom. The topological polar surface area (TPSA) is 366 Å². The van der Waals surface area contributed by atoms with E-state index in [1.807, 2.05) is 48.9 Å². The van der Waals surface area contributed by atoms with Crippen molar-refractivity contribution >= 4 is 69.4 Å². The fourth-order valence-electron chi connectivity index (χ4n) is 17.5. The Balaban J connectivity index is 0.000000158. The van der Waals surface area contributed by atoms with E-state index >= 15 is 0 Å². The fraction of sp³-hybridized carbons (Fsp3) is 0.522. The van der Waals surface area contributed by atoms with Gasteiger partial charge in [-0.1, -0.05) is 81.4 Å². The van der Waals surface area contributed by atoms with Crippen LogP contribution in [0.3, 0.4) is 0 Å². The van der Waals surface area contributed by atoms with Gasteiger partial charge in [0.25, 0.3) is 0 Å². The van der Waals surface area contributed by atoms with Crippen molar-refractivity contribution in [1.29, 1.82) is 0 Å². The molecule has 6 aliphatic rings. The van der Waals surface area contributed by atoms with Gasteiger partial charge in [0.05, 0.1) is 24.8 Å². The van der Waals surface area contributed by atoms with Crippen LogP contribution < -0.4 is 42.5 Å². The number of aromatic nitrogens is 16. The molecule has 0 unspecified atom stereocenters. The molecule has 30 nitrogen and oxygen atoms in total. The molecule has 10 aromatic heterocycles. The predicted octanol–water partition coefficient (Wildman–Crippen LogP) is 14.0. The van der Waals surface area contributed by atoms with Gasteiger partial charge in [0.15, 0.2) is 22.6 Å². The maximum atomic E-state index is 9.83. The first-order valence-electron chi connectivity index (χ1n) is 43.9. The number of piperidine rings is 2.